The fraction of sp³-hybridized carbons (Fsp3) is 0.154. The van der Waals surface area contributed by atoms with Gasteiger partial charge >= 0.3 is 0 Å². The van der Waals surface area contributed by atoms with Crippen LogP contribution in [0.25, 0.3) is 0 Å². The normalized spacial score (nSPS) is 12.4. The monoisotopic (exact) mass is 294 g/mol. The van der Waals surface area contributed by atoms with Crippen LogP contribution in [0.3, 0.4) is 0 Å². The SMILES string of the molecule is NC(Cc1ccc(Br)cc1)c1ccc(F)cn1. The van der Waals surface area contributed by atoms with E-state index < -0.39 is 0 Å². The molecule has 0 radical (unpaired) electrons. The highest BCUT2D eigenvalue weighted by Gasteiger charge is 2.08. The Labute approximate surface area is 108 Å². The van der Waals surface area contributed by atoms with E-state index in [2.05, 4.69) is 20.9 Å². The molecule has 0 aliphatic carbocycles. The first-order valence-corrected chi connectivity index (χ1v) is 6.06. The Morgan fingerprint density at radius 1 is 1.18 bits per heavy atom. The predicted molar refractivity (Wildman–Crippen MR) is 69.0 cm³/mol. The zero-order valence-electron chi connectivity index (χ0n) is 9.11. The van der Waals surface area contributed by atoms with Gasteiger partial charge in [-0.1, -0.05) is 28.1 Å². The summed E-state index contributed by atoms with van der Waals surface area (Å²) in [5, 5.41) is 0. The summed E-state index contributed by atoms with van der Waals surface area (Å²) in [5.74, 6) is -0.343. The lowest BCUT2D eigenvalue weighted by atomic mass is 10.0. The number of hydrogen-bond acceptors (Lipinski definition) is 2. The Balaban J connectivity index is 2.08. The lowest BCUT2D eigenvalue weighted by Gasteiger charge is -2.11. The van der Waals surface area contributed by atoms with Gasteiger partial charge < -0.3 is 5.73 Å². The minimum atomic E-state index is -0.343. The number of halogens is 2. The molecule has 2 N–H and O–H groups in total. The minimum Gasteiger partial charge on any atom is -0.322 e. The van der Waals surface area contributed by atoms with E-state index in [0.29, 0.717) is 12.1 Å². The third-order valence-corrected chi connectivity index (χ3v) is 3.03. The molecule has 2 aromatic rings. The number of rotatable bonds is 3. The van der Waals surface area contributed by atoms with Gasteiger partial charge in [0.15, 0.2) is 0 Å². The summed E-state index contributed by atoms with van der Waals surface area (Å²) in [5.41, 5.74) is 7.85. The van der Waals surface area contributed by atoms with Crippen LogP contribution in [0.1, 0.15) is 17.3 Å². The molecular formula is C13H12BrFN2. The Morgan fingerprint density at radius 3 is 2.47 bits per heavy atom. The van der Waals surface area contributed by atoms with Crippen LogP contribution in [0, 0.1) is 5.82 Å². The molecule has 1 unspecified atom stereocenters. The molecule has 0 aliphatic rings. The first-order valence-electron chi connectivity index (χ1n) is 5.26. The molecule has 2 nitrogen and oxygen atoms in total. The third-order valence-electron chi connectivity index (χ3n) is 2.50. The van der Waals surface area contributed by atoms with Gasteiger partial charge in [-0.25, -0.2) is 4.39 Å². The van der Waals surface area contributed by atoms with Crippen molar-refractivity contribution in [3.63, 3.8) is 0 Å². The molecule has 0 fully saturated rings. The largest absolute Gasteiger partial charge is 0.322 e. The summed E-state index contributed by atoms with van der Waals surface area (Å²) in [6, 6.07) is 10.8. The van der Waals surface area contributed by atoms with Crippen molar-refractivity contribution < 1.29 is 4.39 Å². The zero-order valence-corrected chi connectivity index (χ0v) is 10.7. The zero-order chi connectivity index (χ0) is 12.3. The van der Waals surface area contributed by atoms with Gasteiger partial charge in [0.05, 0.1) is 17.9 Å². The predicted octanol–water partition coefficient (Wildman–Crippen LogP) is 3.23. The van der Waals surface area contributed by atoms with Gasteiger partial charge in [0, 0.05) is 4.47 Å². The highest BCUT2D eigenvalue weighted by atomic mass is 79.9. The average molecular weight is 295 g/mol. The summed E-state index contributed by atoms with van der Waals surface area (Å²) in [6.45, 7) is 0. The summed E-state index contributed by atoms with van der Waals surface area (Å²) in [7, 11) is 0. The van der Waals surface area contributed by atoms with Crippen LogP contribution in [0.15, 0.2) is 47.1 Å². The van der Waals surface area contributed by atoms with E-state index >= 15 is 0 Å². The Bertz CT molecular complexity index is 482. The topological polar surface area (TPSA) is 38.9 Å². The standard InChI is InChI=1S/C13H12BrFN2/c14-10-3-1-9(2-4-10)7-12(16)13-6-5-11(15)8-17-13/h1-6,8,12H,7,16H2. The highest BCUT2D eigenvalue weighted by Crippen LogP contribution is 2.16. The quantitative estimate of drug-likeness (QED) is 0.944. The maximum absolute atomic E-state index is 12.7. The number of benzene rings is 1. The summed E-state index contributed by atoms with van der Waals surface area (Å²) >= 11 is 3.38. The molecule has 0 amide bonds. The van der Waals surface area contributed by atoms with Gasteiger partial charge in [0.25, 0.3) is 0 Å². The van der Waals surface area contributed by atoms with Crippen LogP contribution in [-0.2, 0) is 6.42 Å². The van der Waals surface area contributed by atoms with Gasteiger partial charge in [0.1, 0.15) is 5.82 Å². The molecule has 0 bridgehead atoms. The Kier molecular flexibility index (Phi) is 3.86. The van der Waals surface area contributed by atoms with Crippen molar-refractivity contribution in [2.45, 2.75) is 12.5 Å². The van der Waals surface area contributed by atoms with Crippen molar-refractivity contribution in [3.8, 4) is 0 Å². The number of nitrogens with two attached hydrogens (primary N) is 1. The van der Waals surface area contributed by atoms with Crippen molar-refractivity contribution >= 4 is 15.9 Å². The van der Waals surface area contributed by atoms with E-state index in [9.17, 15) is 4.39 Å². The molecule has 0 aliphatic heterocycles. The molecule has 1 atom stereocenters. The average Bonchev–Trinajstić information content (AvgIpc) is 2.33. The highest BCUT2D eigenvalue weighted by molar-refractivity contribution is 9.10. The van der Waals surface area contributed by atoms with Crippen LogP contribution in [0.2, 0.25) is 0 Å². The van der Waals surface area contributed by atoms with Crippen LogP contribution in [-0.4, -0.2) is 4.98 Å². The summed E-state index contributed by atoms with van der Waals surface area (Å²) in [4.78, 5) is 3.98. The van der Waals surface area contributed by atoms with E-state index in [1.807, 2.05) is 24.3 Å². The fourth-order valence-electron chi connectivity index (χ4n) is 1.59. The lowest BCUT2D eigenvalue weighted by molar-refractivity contribution is 0.612. The van der Waals surface area contributed by atoms with Gasteiger partial charge in [-0.15, -0.1) is 0 Å². The first kappa shape index (κ1) is 12.2. The molecule has 2 rings (SSSR count). The molecule has 1 aromatic carbocycles. The fourth-order valence-corrected chi connectivity index (χ4v) is 1.85. The number of nitrogens with zero attached hydrogens (tertiary/aromatic N) is 1. The molecule has 88 valence electrons. The number of aromatic nitrogens is 1. The first-order chi connectivity index (χ1) is 8.15. The van der Waals surface area contributed by atoms with Gasteiger partial charge in [-0.3, -0.25) is 4.98 Å². The molecule has 1 aromatic heterocycles. The van der Waals surface area contributed by atoms with Crippen LogP contribution in [0.5, 0.6) is 0 Å². The van der Waals surface area contributed by atoms with E-state index in [4.69, 9.17) is 5.73 Å². The number of hydrogen-bond donors (Lipinski definition) is 1. The second-order valence-electron chi connectivity index (χ2n) is 3.84. The number of pyridine rings is 1. The van der Waals surface area contributed by atoms with Crippen molar-refractivity contribution in [2.75, 3.05) is 0 Å². The van der Waals surface area contributed by atoms with Crippen molar-refractivity contribution in [2.24, 2.45) is 5.73 Å². The lowest BCUT2D eigenvalue weighted by Crippen LogP contribution is -2.14. The second-order valence-corrected chi connectivity index (χ2v) is 4.75. The molecule has 0 spiro atoms. The summed E-state index contributed by atoms with van der Waals surface area (Å²) in [6.07, 6.45) is 1.88. The van der Waals surface area contributed by atoms with Gasteiger partial charge in [-0.05, 0) is 36.2 Å². The van der Waals surface area contributed by atoms with Gasteiger partial charge in [0.2, 0.25) is 0 Å². The van der Waals surface area contributed by atoms with Crippen LogP contribution < -0.4 is 5.73 Å². The molecule has 17 heavy (non-hydrogen) atoms. The van der Waals surface area contributed by atoms with E-state index in [-0.39, 0.29) is 11.9 Å². The molecule has 4 heteroatoms. The maximum Gasteiger partial charge on any atom is 0.141 e. The smallest absolute Gasteiger partial charge is 0.141 e. The molecule has 0 saturated heterocycles. The van der Waals surface area contributed by atoms with Crippen molar-refractivity contribution in [1.29, 1.82) is 0 Å². The maximum atomic E-state index is 12.7. The van der Waals surface area contributed by atoms with E-state index in [0.717, 1.165) is 10.0 Å². The minimum absolute atomic E-state index is 0.211. The second kappa shape index (κ2) is 5.38. The Morgan fingerprint density at radius 2 is 1.88 bits per heavy atom. The van der Waals surface area contributed by atoms with Crippen LogP contribution >= 0.6 is 15.9 Å². The Hall–Kier alpha value is -1.26. The summed E-state index contributed by atoms with van der Waals surface area (Å²) < 4.78 is 13.7. The van der Waals surface area contributed by atoms with E-state index in [1.54, 1.807) is 6.07 Å². The van der Waals surface area contributed by atoms with Crippen molar-refractivity contribution in [1.82, 2.24) is 4.98 Å². The van der Waals surface area contributed by atoms with Gasteiger partial charge in [-0.2, -0.15) is 0 Å². The molecular weight excluding hydrogens is 283 g/mol. The molecule has 0 saturated carbocycles. The van der Waals surface area contributed by atoms with Crippen LogP contribution in [0.4, 0.5) is 4.39 Å². The van der Waals surface area contributed by atoms with E-state index in [1.165, 1.54) is 12.3 Å². The van der Waals surface area contributed by atoms with Crippen molar-refractivity contribution in [3.05, 3.63) is 64.1 Å². The molecule has 1 heterocycles. The third kappa shape index (κ3) is 3.35.